The van der Waals surface area contributed by atoms with Crippen molar-refractivity contribution in [1.82, 2.24) is 9.62 Å². The van der Waals surface area contributed by atoms with Crippen molar-refractivity contribution in [3.63, 3.8) is 0 Å². The van der Waals surface area contributed by atoms with Crippen LogP contribution >= 0.6 is 0 Å². The van der Waals surface area contributed by atoms with Gasteiger partial charge in [-0.2, -0.15) is 4.31 Å². The molecular formula is C13H28N2O2S. The molecule has 108 valence electrons. The summed E-state index contributed by atoms with van der Waals surface area (Å²) in [6.07, 6.45) is 3.64. The zero-order chi connectivity index (χ0) is 13.8. The van der Waals surface area contributed by atoms with E-state index in [2.05, 4.69) is 26.1 Å². The molecule has 2 unspecified atom stereocenters. The summed E-state index contributed by atoms with van der Waals surface area (Å²) in [5.74, 6) is 0.271. The normalized spacial score (nSPS) is 26.1. The molecule has 0 amide bonds. The highest BCUT2D eigenvalue weighted by molar-refractivity contribution is 7.89. The van der Waals surface area contributed by atoms with E-state index in [4.69, 9.17) is 0 Å². The molecular weight excluding hydrogens is 248 g/mol. The van der Waals surface area contributed by atoms with Crippen molar-refractivity contribution >= 4 is 10.0 Å². The van der Waals surface area contributed by atoms with Gasteiger partial charge in [-0.25, -0.2) is 8.42 Å². The van der Waals surface area contributed by atoms with Crippen molar-refractivity contribution in [1.29, 1.82) is 0 Å². The van der Waals surface area contributed by atoms with Gasteiger partial charge in [-0.3, -0.25) is 0 Å². The summed E-state index contributed by atoms with van der Waals surface area (Å²) in [6.45, 7) is 9.02. The average molecular weight is 276 g/mol. The van der Waals surface area contributed by atoms with Gasteiger partial charge < -0.3 is 5.32 Å². The standard InChI is InChI=1S/C13H28N2O2S/c1-5-13-8-7-12(4)15(13)18(16,17)10-6-9-14-11(2)3/h11-14H,5-10H2,1-4H3. The molecule has 0 aliphatic carbocycles. The second-order valence-electron chi connectivity index (χ2n) is 5.60. The Hall–Kier alpha value is -0.130. The first-order valence-corrected chi connectivity index (χ1v) is 8.74. The Labute approximate surface area is 112 Å². The van der Waals surface area contributed by atoms with Crippen LogP contribution in [-0.2, 0) is 10.0 Å². The Morgan fingerprint density at radius 2 is 2.00 bits per heavy atom. The maximum Gasteiger partial charge on any atom is 0.214 e. The van der Waals surface area contributed by atoms with E-state index in [1.807, 2.05) is 6.92 Å². The first kappa shape index (κ1) is 15.9. The SMILES string of the molecule is CCC1CCC(C)N1S(=O)(=O)CCCNC(C)C. The second-order valence-corrected chi connectivity index (χ2v) is 7.59. The first-order valence-electron chi connectivity index (χ1n) is 7.13. The highest BCUT2D eigenvalue weighted by atomic mass is 32.2. The van der Waals surface area contributed by atoms with Crippen molar-refractivity contribution in [2.75, 3.05) is 12.3 Å². The van der Waals surface area contributed by atoms with Crippen LogP contribution in [0.2, 0.25) is 0 Å². The molecule has 1 N–H and O–H groups in total. The van der Waals surface area contributed by atoms with E-state index in [-0.39, 0.29) is 17.8 Å². The second kappa shape index (κ2) is 6.87. The minimum Gasteiger partial charge on any atom is -0.314 e. The van der Waals surface area contributed by atoms with Crippen molar-refractivity contribution < 1.29 is 8.42 Å². The molecule has 0 aromatic heterocycles. The number of sulfonamides is 1. The topological polar surface area (TPSA) is 49.4 Å². The Morgan fingerprint density at radius 3 is 2.56 bits per heavy atom. The fourth-order valence-electron chi connectivity index (χ4n) is 2.68. The van der Waals surface area contributed by atoms with E-state index in [1.54, 1.807) is 4.31 Å². The number of rotatable bonds is 7. The maximum absolute atomic E-state index is 12.4. The van der Waals surface area contributed by atoms with Crippen LogP contribution in [0.1, 0.15) is 53.4 Å². The maximum atomic E-state index is 12.4. The van der Waals surface area contributed by atoms with Gasteiger partial charge in [-0.15, -0.1) is 0 Å². The summed E-state index contributed by atoms with van der Waals surface area (Å²) in [4.78, 5) is 0. The third-order valence-corrected chi connectivity index (χ3v) is 5.74. The number of hydrogen-bond donors (Lipinski definition) is 1. The molecule has 0 spiro atoms. The van der Waals surface area contributed by atoms with E-state index < -0.39 is 10.0 Å². The molecule has 0 radical (unpaired) electrons. The third kappa shape index (κ3) is 4.21. The van der Waals surface area contributed by atoms with E-state index >= 15 is 0 Å². The fourth-order valence-corrected chi connectivity index (χ4v) is 4.77. The van der Waals surface area contributed by atoms with Gasteiger partial charge in [0.25, 0.3) is 0 Å². The predicted octanol–water partition coefficient (Wildman–Crippen LogP) is 1.97. The zero-order valence-corrected chi connectivity index (χ0v) is 13.0. The number of nitrogens with zero attached hydrogens (tertiary/aromatic N) is 1. The molecule has 2 atom stereocenters. The van der Waals surface area contributed by atoms with E-state index in [1.165, 1.54) is 0 Å². The van der Waals surface area contributed by atoms with E-state index in [0.717, 1.165) is 25.8 Å². The largest absolute Gasteiger partial charge is 0.314 e. The predicted molar refractivity (Wildman–Crippen MR) is 76.2 cm³/mol. The summed E-state index contributed by atoms with van der Waals surface area (Å²) in [6, 6.07) is 0.822. The Bertz CT molecular complexity index is 341. The Morgan fingerprint density at radius 1 is 1.33 bits per heavy atom. The molecule has 1 aliphatic rings. The van der Waals surface area contributed by atoms with Gasteiger partial charge >= 0.3 is 0 Å². The van der Waals surface area contributed by atoms with E-state index in [0.29, 0.717) is 12.5 Å². The lowest BCUT2D eigenvalue weighted by atomic mass is 10.2. The van der Waals surface area contributed by atoms with Crippen molar-refractivity contribution in [2.45, 2.75) is 71.5 Å². The van der Waals surface area contributed by atoms with Crippen molar-refractivity contribution in [2.24, 2.45) is 0 Å². The zero-order valence-electron chi connectivity index (χ0n) is 12.1. The average Bonchev–Trinajstić information content (AvgIpc) is 2.66. The molecule has 0 aromatic carbocycles. The van der Waals surface area contributed by atoms with Crippen LogP contribution in [0.15, 0.2) is 0 Å². The van der Waals surface area contributed by atoms with Gasteiger partial charge in [0, 0.05) is 18.1 Å². The molecule has 1 fully saturated rings. The van der Waals surface area contributed by atoms with Gasteiger partial charge in [0.15, 0.2) is 0 Å². The fraction of sp³-hybridized carbons (Fsp3) is 1.00. The lowest BCUT2D eigenvalue weighted by Gasteiger charge is -2.27. The van der Waals surface area contributed by atoms with Crippen molar-refractivity contribution in [3.8, 4) is 0 Å². The van der Waals surface area contributed by atoms with Gasteiger partial charge in [0.1, 0.15) is 0 Å². The monoisotopic (exact) mass is 276 g/mol. The number of nitrogens with one attached hydrogen (secondary N) is 1. The minimum atomic E-state index is -3.08. The smallest absolute Gasteiger partial charge is 0.214 e. The van der Waals surface area contributed by atoms with Gasteiger partial charge in [0.2, 0.25) is 10.0 Å². The molecule has 4 nitrogen and oxygen atoms in total. The molecule has 18 heavy (non-hydrogen) atoms. The molecule has 0 bridgehead atoms. The van der Waals surface area contributed by atoms with Gasteiger partial charge in [0.05, 0.1) is 5.75 Å². The summed E-state index contributed by atoms with van der Waals surface area (Å²) < 4.78 is 26.5. The van der Waals surface area contributed by atoms with Crippen LogP contribution in [0.4, 0.5) is 0 Å². The molecule has 1 rings (SSSR count). The third-order valence-electron chi connectivity index (χ3n) is 3.64. The van der Waals surface area contributed by atoms with Crippen LogP contribution < -0.4 is 5.32 Å². The Balaban J connectivity index is 2.51. The summed E-state index contributed by atoms with van der Waals surface area (Å²) >= 11 is 0. The first-order chi connectivity index (χ1) is 8.38. The Kier molecular flexibility index (Phi) is 6.08. The molecule has 0 aromatic rings. The van der Waals surface area contributed by atoms with Crippen LogP contribution in [0.25, 0.3) is 0 Å². The lowest BCUT2D eigenvalue weighted by molar-refractivity contribution is 0.328. The molecule has 0 saturated carbocycles. The molecule has 1 saturated heterocycles. The summed E-state index contributed by atoms with van der Waals surface area (Å²) in [5, 5.41) is 3.26. The molecule has 5 heteroatoms. The van der Waals surface area contributed by atoms with Crippen LogP contribution in [0.3, 0.4) is 0 Å². The van der Waals surface area contributed by atoms with Gasteiger partial charge in [-0.05, 0) is 39.2 Å². The molecule has 1 aliphatic heterocycles. The van der Waals surface area contributed by atoms with Crippen LogP contribution in [0, 0.1) is 0 Å². The van der Waals surface area contributed by atoms with Crippen molar-refractivity contribution in [3.05, 3.63) is 0 Å². The highest BCUT2D eigenvalue weighted by Crippen LogP contribution is 2.29. The van der Waals surface area contributed by atoms with Crippen LogP contribution in [-0.4, -0.2) is 43.1 Å². The molecule has 1 heterocycles. The minimum absolute atomic E-state index is 0.179. The van der Waals surface area contributed by atoms with E-state index in [9.17, 15) is 8.42 Å². The quantitative estimate of drug-likeness (QED) is 0.723. The summed E-state index contributed by atoms with van der Waals surface area (Å²) in [7, 11) is -3.08. The van der Waals surface area contributed by atoms with Crippen LogP contribution in [0.5, 0.6) is 0 Å². The summed E-state index contributed by atoms with van der Waals surface area (Å²) in [5.41, 5.74) is 0. The number of hydrogen-bond acceptors (Lipinski definition) is 3. The lowest BCUT2D eigenvalue weighted by Crippen LogP contribution is -2.41. The highest BCUT2D eigenvalue weighted by Gasteiger charge is 2.37. The van der Waals surface area contributed by atoms with Gasteiger partial charge in [-0.1, -0.05) is 20.8 Å².